The summed E-state index contributed by atoms with van der Waals surface area (Å²) in [7, 11) is 1.47. The van der Waals surface area contributed by atoms with Crippen LogP contribution in [0.15, 0.2) is 42.5 Å². The third-order valence-electron chi connectivity index (χ3n) is 5.38. The molecule has 0 radical (unpaired) electrons. The van der Waals surface area contributed by atoms with E-state index in [0.29, 0.717) is 16.2 Å². The van der Waals surface area contributed by atoms with Crippen LogP contribution < -0.4 is 10.1 Å². The number of nitro groups is 1. The van der Waals surface area contributed by atoms with Gasteiger partial charge in [-0.3, -0.25) is 34.2 Å². The lowest BCUT2D eigenvalue weighted by Gasteiger charge is -2.25. The molecule has 11 nitrogen and oxygen atoms in total. The Labute approximate surface area is 194 Å². The molecule has 1 aliphatic heterocycles. The minimum atomic E-state index is -1.30. The standard InChI is InChI=1S/C23H23N3O8/c1-4-34-19(27)12-17(14-7-5-8-15(11-14)33-3)24-21(28)13(2)25-22(29)16-9-6-10-18(26(31)32)20(16)23(25)30/h5-11,13,17H,4,12H2,1-3H3,(H,24,28). The van der Waals surface area contributed by atoms with Gasteiger partial charge >= 0.3 is 5.97 Å². The highest BCUT2D eigenvalue weighted by Crippen LogP contribution is 2.32. The number of fused-ring (bicyclic) bond motifs is 1. The van der Waals surface area contributed by atoms with Crippen LogP contribution in [0.25, 0.3) is 0 Å². The highest BCUT2D eigenvalue weighted by molar-refractivity contribution is 6.24. The van der Waals surface area contributed by atoms with E-state index in [1.54, 1.807) is 31.2 Å². The average molecular weight is 469 g/mol. The van der Waals surface area contributed by atoms with E-state index in [9.17, 15) is 29.3 Å². The molecule has 0 bridgehead atoms. The molecule has 0 spiro atoms. The number of carbonyl (C=O) groups excluding carboxylic acids is 4. The minimum Gasteiger partial charge on any atom is -0.497 e. The molecule has 2 aromatic carbocycles. The first-order valence-electron chi connectivity index (χ1n) is 10.4. The van der Waals surface area contributed by atoms with Gasteiger partial charge in [0.1, 0.15) is 17.4 Å². The quantitative estimate of drug-likeness (QED) is 0.255. The van der Waals surface area contributed by atoms with Crippen LogP contribution >= 0.6 is 0 Å². The number of benzene rings is 2. The fraction of sp³-hybridized carbons (Fsp3) is 0.304. The summed E-state index contributed by atoms with van der Waals surface area (Å²) >= 11 is 0. The number of methoxy groups -OCH3 is 1. The van der Waals surface area contributed by atoms with Crippen molar-refractivity contribution in [2.45, 2.75) is 32.4 Å². The molecular weight excluding hydrogens is 446 g/mol. The van der Waals surface area contributed by atoms with Gasteiger partial charge in [0, 0.05) is 6.07 Å². The number of ether oxygens (including phenoxy) is 2. The molecule has 0 aromatic heterocycles. The molecular formula is C23H23N3O8. The second-order valence-electron chi connectivity index (χ2n) is 7.46. The predicted octanol–water partition coefficient (Wildman–Crippen LogP) is 2.40. The minimum absolute atomic E-state index is 0.144. The molecule has 1 aliphatic rings. The monoisotopic (exact) mass is 469 g/mol. The summed E-state index contributed by atoms with van der Waals surface area (Å²) in [6.45, 7) is 3.14. The van der Waals surface area contributed by atoms with E-state index in [-0.39, 0.29) is 24.2 Å². The van der Waals surface area contributed by atoms with E-state index in [4.69, 9.17) is 9.47 Å². The number of rotatable bonds is 9. The van der Waals surface area contributed by atoms with Crippen molar-refractivity contribution in [2.24, 2.45) is 0 Å². The van der Waals surface area contributed by atoms with Gasteiger partial charge in [0.25, 0.3) is 17.5 Å². The largest absolute Gasteiger partial charge is 0.497 e. The molecule has 1 N–H and O–H groups in total. The van der Waals surface area contributed by atoms with Gasteiger partial charge in [-0.05, 0) is 37.6 Å². The van der Waals surface area contributed by atoms with Crippen LogP contribution in [0.3, 0.4) is 0 Å². The van der Waals surface area contributed by atoms with E-state index < -0.39 is 46.4 Å². The highest BCUT2D eigenvalue weighted by Gasteiger charge is 2.45. The number of nitrogens with one attached hydrogen (secondary N) is 1. The van der Waals surface area contributed by atoms with Crippen molar-refractivity contribution < 1.29 is 33.6 Å². The van der Waals surface area contributed by atoms with Crippen LogP contribution in [0.5, 0.6) is 5.75 Å². The van der Waals surface area contributed by atoms with E-state index in [0.717, 1.165) is 6.07 Å². The molecule has 0 fully saturated rings. The second-order valence-corrected chi connectivity index (χ2v) is 7.46. The third kappa shape index (κ3) is 4.72. The van der Waals surface area contributed by atoms with Gasteiger partial charge in [0.05, 0.1) is 36.7 Å². The van der Waals surface area contributed by atoms with Gasteiger partial charge in [-0.1, -0.05) is 18.2 Å². The topological polar surface area (TPSA) is 145 Å². The Kier molecular flexibility index (Phi) is 7.24. The Morgan fingerprint density at radius 3 is 2.50 bits per heavy atom. The fourth-order valence-electron chi connectivity index (χ4n) is 3.70. The zero-order chi connectivity index (χ0) is 25.0. The molecule has 2 atom stereocenters. The van der Waals surface area contributed by atoms with Gasteiger partial charge in [-0.15, -0.1) is 0 Å². The molecule has 0 saturated carbocycles. The van der Waals surface area contributed by atoms with Crippen LogP contribution in [0.4, 0.5) is 5.69 Å². The maximum Gasteiger partial charge on any atom is 0.308 e. The van der Waals surface area contributed by atoms with Crippen molar-refractivity contribution in [3.63, 3.8) is 0 Å². The predicted molar refractivity (Wildman–Crippen MR) is 118 cm³/mol. The summed E-state index contributed by atoms with van der Waals surface area (Å²) in [5.74, 6) is -2.52. The normalized spacial score (nSPS) is 14.3. The lowest BCUT2D eigenvalue weighted by Crippen LogP contribution is -2.48. The molecule has 3 amide bonds. The van der Waals surface area contributed by atoms with E-state index >= 15 is 0 Å². The third-order valence-corrected chi connectivity index (χ3v) is 5.38. The van der Waals surface area contributed by atoms with Crippen LogP contribution in [-0.4, -0.2) is 53.3 Å². The first-order valence-corrected chi connectivity index (χ1v) is 10.4. The summed E-state index contributed by atoms with van der Waals surface area (Å²) in [5.41, 5.74) is -0.462. The van der Waals surface area contributed by atoms with E-state index in [1.807, 2.05) is 0 Å². The van der Waals surface area contributed by atoms with Gasteiger partial charge in [0.2, 0.25) is 5.91 Å². The zero-order valence-electron chi connectivity index (χ0n) is 18.8. The Bertz CT molecular complexity index is 1160. The van der Waals surface area contributed by atoms with Gasteiger partial charge in [-0.2, -0.15) is 0 Å². The number of hydrogen-bond acceptors (Lipinski definition) is 8. The number of hydrogen-bond donors (Lipinski definition) is 1. The molecule has 2 aromatic rings. The summed E-state index contributed by atoms with van der Waals surface area (Å²) in [4.78, 5) is 62.3. The molecule has 3 rings (SSSR count). The highest BCUT2D eigenvalue weighted by atomic mass is 16.6. The van der Waals surface area contributed by atoms with Gasteiger partial charge < -0.3 is 14.8 Å². The average Bonchev–Trinajstić information content (AvgIpc) is 3.08. The van der Waals surface area contributed by atoms with Crippen molar-refractivity contribution in [2.75, 3.05) is 13.7 Å². The van der Waals surface area contributed by atoms with Crippen LogP contribution in [-0.2, 0) is 14.3 Å². The maximum atomic E-state index is 13.1. The lowest BCUT2D eigenvalue weighted by atomic mass is 10.0. The summed E-state index contributed by atoms with van der Waals surface area (Å²) in [6.07, 6.45) is -0.201. The maximum absolute atomic E-state index is 13.1. The van der Waals surface area contributed by atoms with Crippen molar-refractivity contribution in [3.05, 3.63) is 69.3 Å². The number of imide groups is 1. The first-order chi connectivity index (χ1) is 16.2. The SMILES string of the molecule is CCOC(=O)CC(NC(=O)C(C)N1C(=O)c2cccc([N+](=O)[O-])c2C1=O)c1cccc(OC)c1. The summed E-state index contributed by atoms with van der Waals surface area (Å²) in [5, 5.41) is 14.0. The molecule has 0 aliphatic carbocycles. The number of nitrogens with zero attached hydrogens (tertiary/aromatic N) is 2. The zero-order valence-corrected chi connectivity index (χ0v) is 18.8. The molecule has 0 saturated heterocycles. The molecule has 1 heterocycles. The van der Waals surface area contributed by atoms with Crippen LogP contribution in [0.2, 0.25) is 0 Å². The number of esters is 1. The molecule has 34 heavy (non-hydrogen) atoms. The van der Waals surface area contributed by atoms with Crippen molar-refractivity contribution in [1.29, 1.82) is 0 Å². The Balaban J connectivity index is 1.87. The van der Waals surface area contributed by atoms with Crippen LogP contribution in [0.1, 0.15) is 52.6 Å². The van der Waals surface area contributed by atoms with Crippen molar-refractivity contribution in [1.82, 2.24) is 10.2 Å². The Hall–Kier alpha value is -4.28. The summed E-state index contributed by atoms with van der Waals surface area (Å²) < 4.78 is 10.2. The lowest BCUT2D eigenvalue weighted by molar-refractivity contribution is -0.385. The Morgan fingerprint density at radius 1 is 1.15 bits per heavy atom. The van der Waals surface area contributed by atoms with Gasteiger partial charge in [-0.25, -0.2) is 0 Å². The fourth-order valence-corrected chi connectivity index (χ4v) is 3.70. The van der Waals surface area contributed by atoms with Crippen molar-refractivity contribution in [3.8, 4) is 5.75 Å². The van der Waals surface area contributed by atoms with Crippen molar-refractivity contribution >= 4 is 29.4 Å². The Morgan fingerprint density at radius 2 is 1.85 bits per heavy atom. The smallest absolute Gasteiger partial charge is 0.308 e. The van der Waals surface area contributed by atoms with E-state index in [2.05, 4.69) is 5.32 Å². The molecule has 178 valence electrons. The summed E-state index contributed by atoms with van der Waals surface area (Å²) in [6, 6.07) is 8.28. The second kappa shape index (κ2) is 10.1. The first kappa shape index (κ1) is 24.4. The molecule has 2 unspecified atom stereocenters. The number of nitro benzene ring substituents is 1. The number of carbonyl (C=O) groups is 4. The van der Waals surface area contributed by atoms with Gasteiger partial charge in [0.15, 0.2) is 0 Å². The molecule has 11 heteroatoms. The number of amides is 3. The van der Waals surface area contributed by atoms with E-state index in [1.165, 1.54) is 26.2 Å². The van der Waals surface area contributed by atoms with Crippen LogP contribution in [0, 0.1) is 10.1 Å².